The maximum Gasteiger partial charge on any atom is 0.154 e. The molecule has 0 spiro atoms. The predicted molar refractivity (Wildman–Crippen MR) is 49.0 cm³/mol. The fraction of sp³-hybridized carbons (Fsp3) is 1.00. The molecule has 0 radical (unpaired) electrons. The van der Waals surface area contributed by atoms with Gasteiger partial charge in [-0.15, -0.1) is 0 Å². The van der Waals surface area contributed by atoms with Gasteiger partial charge in [0.2, 0.25) is 0 Å². The van der Waals surface area contributed by atoms with Crippen molar-refractivity contribution in [2.75, 3.05) is 13.7 Å². The summed E-state index contributed by atoms with van der Waals surface area (Å²) in [7, 11) is 1.69. The standard InChI is InChI=1S/C10H20O2/c1-9(11-2)12-8-10-6-4-3-5-7-10/h9-10H,3-8H2,1-2H3. The van der Waals surface area contributed by atoms with E-state index in [0.717, 1.165) is 12.5 Å². The first kappa shape index (κ1) is 10.0. The van der Waals surface area contributed by atoms with Crippen LogP contribution in [0.25, 0.3) is 0 Å². The highest BCUT2D eigenvalue weighted by Gasteiger charge is 2.14. The molecule has 2 heteroatoms. The highest BCUT2D eigenvalue weighted by Crippen LogP contribution is 2.23. The van der Waals surface area contributed by atoms with E-state index in [1.165, 1.54) is 32.1 Å². The van der Waals surface area contributed by atoms with Crippen LogP contribution in [-0.4, -0.2) is 20.0 Å². The van der Waals surface area contributed by atoms with E-state index in [1.54, 1.807) is 7.11 Å². The Kier molecular flexibility index (Phi) is 4.62. The lowest BCUT2D eigenvalue weighted by molar-refractivity contribution is -0.122. The van der Waals surface area contributed by atoms with Gasteiger partial charge in [0, 0.05) is 7.11 Å². The minimum absolute atomic E-state index is 0.0353. The number of hydrogen-bond donors (Lipinski definition) is 0. The molecule has 1 aliphatic rings. The second-order valence-corrected chi connectivity index (χ2v) is 3.64. The van der Waals surface area contributed by atoms with Crippen molar-refractivity contribution in [3.05, 3.63) is 0 Å². The van der Waals surface area contributed by atoms with E-state index in [0.29, 0.717) is 0 Å². The van der Waals surface area contributed by atoms with Crippen molar-refractivity contribution < 1.29 is 9.47 Å². The Morgan fingerprint density at radius 1 is 1.25 bits per heavy atom. The van der Waals surface area contributed by atoms with Crippen molar-refractivity contribution in [2.45, 2.75) is 45.3 Å². The van der Waals surface area contributed by atoms with Gasteiger partial charge in [0.1, 0.15) is 0 Å². The molecule has 0 N–H and O–H groups in total. The summed E-state index contributed by atoms with van der Waals surface area (Å²) in [4.78, 5) is 0. The summed E-state index contributed by atoms with van der Waals surface area (Å²) in [6.07, 6.45) is 6.83. The zero-order valence-electron chi connectivity index (χ0n) is 8.21. The Morgan fingerprint density at radius 2 is 1.92 bits per heavy atom. The second kappa shape index (κ2) is 5.55. The summed E-state index contributed by atoms with van der Waals surface area (Å²) in [5, 5.41) is 0. The maximum absolute atomic E-state index is 5.51. The molecule has 0 aliphatic heterocycles. The molecular weight excluding hydrogens is 152 g/mol. The fourth-order valence-corrected chi connectivity index (χ4v) is 1.69. The van der Waals surface area contributed by atoms with Crippen LogP contribution in [0.2, 0.25) is 0 Å². The molecule has 0 amide bonds. The summed E-state index contributed by atoms with van der Waals surface area (Å²) >= 11 is 0. The molecular formula is C10H20O2. The Morgan fingerprint density at radius 3 is 2.50 bits per heavy atom. The van der Waals surface area contributed by atoms with E-state index in [1.807, 2.05) is 6.92 Å². The molecule has 0 aromatic heterocycles. The van der Waals surface area contributed by atoms with E-state index in [9.17, 15) is 0 Å². The van der Waals surface area contributed by atoms with E-state index < -0.39 is 0 Å². The topological polar surface area (TPSA) is 18.5 Å². The van der Waals surface area contributed by atoms with Gasteiger partial charge in [-0.25, -0.2) is 0 Å². The van der Waals surface area contributed by atoms with Crippen LogP contribution in [0.4, 0.5) is 0 Å². The summed E-state index contributed by atoms with van der Waals surface area (Å²) in [5.41, 5.74) is 0. The summed E-state index contributed by atoms with van der Waals surface area (Å²) < 4.78 is 10.5. The minimum Gasteiger partial charge on any atom is -0.356 e. The number of ether oxygens (including phenoxy) is 2. The largest absolute Gasteiger partial charge is 0.356 e. The average molecular weight is 172 g/mol. The molecule has 0 heterocycles. The number of rotatable bonds is 4. The fourth-order valence-electron chi connectivity index (χ4n) is 1.69. The highest BCUT2D eigenvalue weighted by atomic mass is 16.7. The van der Waals surface area contributed by atoms with Crippen LogP contribution >= 0.6 is 0 Å². The Labute approximate surface area is 75.2 Å². The predicted octanol–water partition coefficient (Wildman–Crippen LogP) is 2.58. The van der Waals surface area contributed by atoms with Crippen molar-refractivity contribution in [3.63, 3.8) is 0 Å². The van der Waals surface area contributed by atoms with Crippen LogP contribution in [-0.2, 0) is 9.47 Å². The molecule has 0 bridgehead atoms. The second-order valence-electron chi connectivity index (χ2n) is 3.64. The van der Waals surface area contributed by atoms with Gasteiger partial charge in [0.25, 0.3) is 0 Å². The number of methoxy groups -OCH3 is 1. The van der Waals surface area contributed by atoms with Crippen LogP contribution in [0.1, 0.15) is 39.0 Å². The van der Waals surface area contributed by atoms with Gasteiger partial charge in [-0.2, -0.15) is 0 Å². The van der Waals surface area contributed by atoms with Crippen molar-refractivity contribution in [1.29, 1.82) is 0 Å². The quantitative estimate of drug-likeness (QED) is 0.607. The van der Waals surface area contributed by atoms with Crippen LogP contribution in [0.5, 0.6) is 0 Å². The Hall–Kier alpha value is -0.0800. The molecule has 12 heavy (non-hydrogen) atoms. The third-order valence-electron chi connectivity index (χ3n) is 2.62. The molecule has 72 valence electrons. The van der Waals surface area contributed by atoms with E-state index in [-0.39, 0.29) is 6.29 Å². The van der Waals surface area contributed by atoms with Crippen LogP contribution in [0, 0.1) is 5.92 Å². The van der Waals surface area contributed by atoms with Gasteiger partial charge in [-0.1, -0.05) is 19.3 Å². The van der Waals surface area contributed by atoms with Gasteiger partial charge in [0.05, 0.1) is 6.61 Å². The zero-order chi connectivity index (χ0) is 8.81. The van der Waals surface area contributed by atoms with Crippen molar-refractivity contribution in [1.82, 2.24) is 0 Å². The molecule has 0 aromatic rings. The smallest absolute Gasteiger partial charge is 0.154 e. The van der Waals surface area contributed by atoms with Gasteiger partial charge in [0.15, 0.2) is 6.29 Å². The molecule has 0 saturated heterocycles. The van der Waals surface area contributed by atoms with E-state index >= 15 is 0 Å². The van der Waals surface area contributed by atoms with Crippen LogP contribution in [0.3, 0.4) is 0 Å². The van der Waals surface area contributed by atoms with Gasteiger partial charge in [-0.3, -0.25) is 0 Å². The lowest BCUT2D eigenvalue weighted by Crippen LogP contribution is -2.19. The molecule has 1 unspecified atom stereocenters. The first-order valence-electron chi connectivity index (χ1n) is 4.97. The maximum atomic E-state index is 5.51. The molecule has 2 nitrogen and oxygen atoms in total. The first-order chi connectivity index (χ1) is 5.83. The molecule has 1 saturated carbocycles. The monoisotopic (exact) mass is 172 g/mol. The summed E-state index contributed by atoms with van der Waals surface area (Å²) in [6, 6.07) is 0. The van der Waals surface area contributed by atoms with Crippen LogP contribution < -0.4 is 0 Å². The molecule has 1 aliphatic carbocycles. The van der Waals surface area contributed by atoms with Gasteiger partial charge >= 0.3 is 0 Å². The first-order valence-corrected chi connectivity index (χ1v) is 4.97. The molecule has 1 atom stereocenters. The molecule has 0 aromatic carbocycles. The third-order valence-corrected chi connectivity index (χ3v) is 2.62. The lowest BCUT2D eigenvalue weighted by atomic mass is 9.90. The van der Waals surface area contributed by atoms with Crippen molar-refractivity contribution >= 4 is 0 Å². The normalized spacial score (nSPS) is 22.5. The Bertz CT molecular complexity index is 108. The van der Waals surface area contributed by atoms with Gasteiger partial charge < -0.3 is 9.47 Å². The Balaban J connectivity index is 2.05. The summed E-state index contributed by atoms with van der Waals surface area (Å²) in [6.45, 7) is 2.83. The lowest BCUT2D eigenvalue weighted by Gasteiger charge is -2.22. The van der Waals surface area contributed by atoms with Crippen molar-refractivity contribution in [2.24, 2.45) is 5.92 Å². The molecule has 1 fully saturated rings. The van der Waals surface area contributed by atoms with E-state index in [2.05, 4.69) is 0 Å². The third kappa shape index (κ3) is 3.55. The van der Waals surface area contributed by atoms with E-state index in [4.69, 9.17) is 9.47 Å². The molecule has 1 rings (SSSR count). The SMILES string of the molecule is COC(C)OCC1CCCCC1. The minimum atomic E-state index is -0.0353. The zero-order valence-corrected chi connectivity index (χ0v) is 8.21. The summed E-state index contributed by atoms with van der Waals surface area (Å²) in [5.74, 6) is 0.788. The van der Waals surface area contributed by atoms with Gasteiger partial charge in [-0.05, 0) is 25.7 Å². The highest BCUT2D eigenvalue weighted by molar-refractivity contribution is 4.64. The number of hydrogen-bond acceptors (Lipinski definition) is 2. The van der Waals surface area contributed by atoms with Crippen LogP contribution in [0.15, 0.2) is 0 Å². The average Bonchev–Trinajstić information content (AvgIpc) is 2.16. The van der Waals surface area contributed by atoms with Crippen molar-refractivity contribution in [3.8, 4) is 0 Å².